The number of anilines is 1. The van der Waals surface area contributed by atoms with Gasteiger partial charge in [-0.15, -0.1) is 0 Å². The number of benzene rings is 2. The second-order valence-corrected chi connectivity index (χ2v) is 8.16. The number of aromatic amines is 1. The zero-order chi connectivity index (χ0) is 24.7. The first-order valence-electron chi connectivity index (χ1n) is 10.5. The van der Waals surface area contributed by atoms with Crippen LogP contribution in [0.3, 0.4) is 0 Å². The molecule has 0 aliphatic carbocycles. The number of fused-ring (bicyclic) bond motifs is 1. The lowest BCUT2D eigenvalue weighted by Crippen LogP contribution is -2.30. The zero-order valence-corrected chi connectivity index (χ0v) is 19.4. The third kappa shape index (κ3) is 3.75. The van der Waals surface area contributed by atoms with Crippen molar-refractivity contribution in [2.24, 2.45) is 0 Å². The predicted octanol–water partition coefficient (Wildman–Crippen LogP) is 4.25. The van der Waals surface area contributed by atoms with Crippen LogP contribution in [0.4, 0.5) is 5.95 Å². The van der Waals surface area contributed by atoms with Gasteiger partial charge < -0.3 is 19.6 Å². The first-order valence-corrected chi connectivity index (χ1v) is 10.9. The van der Waals surface area contributed by atoms with Crippen LogP contribution in [-0.4, -0.2) is 46.0 Å². The summed E-state index contributed by atoms with van der Waals surface area (Å²) in [6, 6.07) is 13.8. The highest BCUT2D eigenvalue weighted by Gasteiger charge is 2.48. The molecular formula is C25H19ClN4O5. The number of carbonyl (C=O) groups is 2. The van der Waals surface area contributed by atoms with Crippen LogP contribution in [0.5, 0.6) is 11.5 Å². The molecule has 3 heterocycles. The van der Waals surface area contributed by atoms with Gasteiger partial charge in [-0.25, -0.2) is 4.98 Å². The molecule has 176 valence electrons. The highest BCUT2D eigenvalue weighted by Crippen LogP contribution is 2.42. The molecular weight excluding hydrogens is 472 g/mol. The van der Waals surface area contributed by atoms with Gasteiger partial charge in [-0.1, -0.05) is 29.8 Å². The molecule has 1 aliphatic heterocycles. The van der Waals surface area contributed by atoms with Crippen LogP contribution in [0.2, 0.25) is 5.02 Å². The van der Waals surface area contributed by atoms with Gasteiger partial charge in [-0.3, -0.25) is 19.5 Å². The fraction of sp³-hybridized carbons (Fsp3) is 0.120. The van der Waals surface area contributed by atoms with E-state index in [0.29, 0.717) is 38.8 Å². The van der Waals surface area contributed by atoms with Crippen molar-refractivity contribution >= 4 is 46.0 Å². The van der Waals surface area contributed by atoms with Crippen molar-refractivity contribution in [1.82, 2.24) is 15.0 Å². The Morgan fingerprint density at radius 1 is 1.06 bits per heavy atom. The maximum Gasteiger partial charge on any atom is 0.302 e. The van der Waals surface area contributed by atoms with Gasteiger partial charge in [0.1, 0.15) is 11.8 Å². The SMILES string of the molecule is COc1cc2nc(N3C(=O)C(=O)/C(=C(/O)c4cccc(Cl)c4)C3c3ccccn3)[nH]c2cc1OC. The van der Waals surface area contributed by atoms with E-state index in [1.54, 1.807) is 54.7 Å². The average molecular weight is 491 g/mol. The molecule has 2 aromatic carbocycles. The Morgan fingerprint density at radius 3 is 2.51 bits per heavy atom. The van der Waals surface area contributed by atoms with Crippen LogP contribution >= 0.6 is 11.6 Å². The summed E-state index contributed by atoms with van der Waals surface area (Å²) in [5.74, 6) is -1.04. The van der Waals surface area contributed by atoms with Crippen LogP contribution in [0.15, 0.2) is 66.4 Å². The Morgan fingerprint density at radius 2 is 1.83 bits per heavy atom. The van der Waals surface area contributed by atoms with Crippen LogP contribution in [-0.2, 0) is 9.59 Å². The molecule has 4 aromatic rings. The number of imidazole rings is 1. The van der Waals surface area contributed by atoms with E-state index in [-0.39, 0.29) is 17.3 Å². The number of methoxy groups -OCH3 is 2. The minimum Gasteiger partial charge on any atom is -0.507 e. The number of aromatic nitrogens is 3. The molecule has 5 rings (SSSR count). The number of halogens is 1. The Hall–Kier alpha value is -4.37. The molecule has 10 heteroatoms. The molecule has 0 bridgehead atoms. The van der Waals surface area contributed by atoms with Gasteiger partial charge in [0, 0.05) is 28.9 Å². The third-order valence-electron chi connectivity index (χ3n) is 5.71. The van der Waals surface area contributed by atoms with Crippen molar-refractivity contribution in [3.63, 3.8) is 0 Å². The normalized spacial score (nSPS) is 17.2. The number of pyridine rings is 1. The average Bonchev–Trinajstić information content (AvgIpc) is 3.40. The summed E-state index contributed by atoms with van der Waals surface area (Å²) < 4.78 is 10.7. The van der Waals surface area contributed by atoms with Crippen molar-refractivity contribution in [2.45, 2.75) is 6.04 Å². The lowest BCUT2D eigenvalue weighted by Gasteiger charge is -2.22. The number of amides is 1. The Bertz CT molecular complexity index is 1460. The summed E-state index contributed by atoms with van der Waals surface area (Å²) in [7, 11) is 3.02. The van der Waals surface area contributed by atoms with Crippen molar-refractivity contribution < 1.29 is 24.2 Å². The highest BCUT2D eigenvalue weighted by molar-refractivity contribution is 6.51. The van der Waals surface area contributed by atoms with E-state index >= 15 is 0 Å². The number of hydrogen-bond acceptors (Lipinski definition) is 7. The number of carbonyl (C=O) groups excluding carboxylic acids is 2. The number of nitrogens with one attached hydrogen (secondary N) is 1. The van der Waals surface area contributed by atoms with Crippen LogP contribution < -0.4 is 14.4 Å². The molecule has 1 amide bonds. The minimum atomic E-state index is -1.03. The standard InChI is InChI=1S/C25H19ClN4O5/c1-34-18-11-16-17(12-19(18)35-2)29-25(28-16)30-21(15-8-3-4-9-27-15)20(23(32)24(30)33)22(31)13-6-5-7-14(26)10-13/h3-12,21,31H,1-2H3,(H,28,29)/b22-20+. The van der Waals surface area contributed by atoms with Gasteiger partial charge >= 0.3 is 5.91 Å². The highest BCUT2D eigenvalue weighted by atomic mass is 35.5. The molecule has 1 fully saturated rings. The number of ketones is 1. The number of ether oxygens (including phenoxy) is 2. The van der Waals surface area contributed by atoms with Crippen molar-refractivity contribution in [3.8, 4) is 11.5 Å². The van der Waals surface area contributed by atoms with E-state index in [1.165, 1.54) is 25.2 Å². The van der Waals surface area contributed by atoms with Crippen molar-refractivity contribution in [3.05, 3.63) is 82.6 Å². The fourth-order valence-electron chi connectivity index (χ4n) is 4.10. The molecule has 1 aliphatic rings. The maximum atomic E-state index is 13.3. The van der Waals surface area contributed by atoms with Gasteiger partial charge in [-0.2, -0.15) is 0 Å². The van der Waals surface area contributed by atoms with Gasteiger partial charge in [-0.05, 0) is 24.3 Å². The van der Waals surface area contributed by atoms with Crippen molar-refractivity contribution in [1.29, 1.82) is 0 Å². The molecule has 9 nitrogen and oxygen atoms in total. The third-order valence-corrected chi connectivity index (χ3v) is 5.95. The summed E-state index contributed by atoms with van der Waals surface area (Å²) in [5.41, 5.74) is 1.62. The van der Waals surface area contributed by atoms with E-state index in [1.807, 2.05) is 0 Å². The first kappa shape index (κ1) is 22.4. The minimum absolute atomic E-state index is 0.109. The number of H-pyrrole nitrogens is 1. The summed E-state index contributed by atoms with van der Waals surface area (Å²) in [5, 5.41) is 11.5. The molecule has 0 saturated carbocycles. The van der Waals surface area contributed by atoms with Crippen LogP contribution in [0.25, 0.3) is 16.8 Å². The quantitative estimate of drug-likeness (QED) is 0.244. The molecule has 0 radical (unpaired) electrons. The lowest BCUT2D eigenvalue weighted by molar-refractivity contribution is -0.132. The van der Waals surface area contributed by atoms with Gasteiger partial charge in [0.05, 0.1) is 36.5 Å². The summed E-state index contributed by atoms with van der Waals surface area (Å²) in [4.78, 5) is 39.7. The van der Waals surface area contributed by atoms with E-state index in [2.05, 4.69) is 15.0 Å². The summed E-state index contributed by atoms with van der Waals surface area (Å²) >= 11 is 6.09. The van der Waals surface area contributed by atoms with Crippen LogP contribution in [0, 0.1) is 0 Å². The Balaban J connectivity index is 1.72. The molecule has 1 saturated heterocycles. The topological polar surface area (TPSA) is 118 Å². The van der Waals surface area contributed by atoms with E-state index in [9.17, 15) is 14.7 Å². The number of Topliss-reactive ketones (excluding diaryl/α,β-unsaturated/α-hetero) is 1. The summed E-state index contributed by atoms with van der Waals surface area (Å²) in [6.45, 7) is 0. The lowest BCUT2D eigenvalue weighted by atomic mass is 9.98. The number of rotatable bonds is 5. The molecule has 1 atom stereocenters. The maximum absolute atomic E-state index is 13.3. The number of aliphatic hydroxyl groups excluding tert-OH is 1. The van der Waals surface area contributed by atoms with E-state index in [4.69, 9.17) is 21.1 Å². The second kappa shape index (κ2) is 8.77. The largest absolute Gasteiger partial charge is 0.507 e. The first-order chi connectivity index (χ1) is 16.9. The molecule has 35 heavy (non-hydrogen) atoms. The molecule has 1 unspecified atom stereocenters. The second-order valence-electron chi connectivity index (χ2n) is 7.72. The monoisotopic (exact) mass is 490 g/mol. The van der Waals surface area contributed by atoms with E-state index in [0.717, 1.165) is 0 Å². The predicted molar refractivity (Wildman–Crippen MR) is 130 cm³/mol. The Labute approximate surface area is 204 Å². The number of hydrogen-bond donors (Lipinski definition) is 2. The zero-order valence-electron chi connectivity index (χ0n) is 18.7. The van der Waals surface area contributed by atoms with Gasteiger partial charge in [0.2, 0.25) is 5.95 Å². The summed E-state index contributed by atoms with van der Waals surface area (Å²) in [6.07, 6.45) is 1.54. The van der Waals surface area contributed by atoms with Crippen LogP contribution in [0.1, 0.15) is 17.3 Å². The number of nitrogens with zero attached hydrogens (tertiary/aromatic N) is 3. The Kier molecular flexibility index (Phi) is 5.62. The van der Waals surface area contributed by atoms with Gasteiger partial charge in [0.25, 0.3) is 5.78 Å². The van der Waals surface area contributed by atoms with E-state index < -0.39 is 17.7 Å². The van der Waals surface area contributed by atoms with Crippen molar-refractivity contribution in [2.75, 3.05) is 19.1 Å². The smallest absolute Gasteiger partial charge is 0.302 e. The number of aliphatic hydroxyl groups is 1. The molecule has 2 aromatic heterocycles. The fourth-order valence-corrected chi connectivity index (χ4v) is 4.29. The van der Waals surface area contributed by atoms with Gasteiger partial charge in [0.15, 0.2) is 11.5 Å². The molecule has 2 N–H and O–H groups in total. The molecule has 0 spiro atoms.